The lowest BCUT2D eigenvalue weighted by molar-refractivity contribution is -0.131. The summed E-state index contributed by atoms with van der Waals surface area (Å²) in [6.07, 6.45) is 15.3. The van der Waals surface area contributed by atoms with E-state index in [1.165, 1.54) is 25.0 Å². The van der Waals surface area contributed by atoms with E-state index in [-0.39, 0.29) is 46.8 Å². The number of methoxy groups -OCH3 is 1. The quantitative estimate of drug-likeness (QED) is 0.138. The minimum atomic E-state index is -0.360. The van der Waals surface area contributed by atoms with E-state index in [1.54, 1.807) is 36.8 Å². The van der Waals surface area contributed by atoms with Gasteiger partial charge in [-0.15, -0.1) is 0 Å². The van der Waals surface area contributed by atoms with Gasteiger partial charge >= 0.3 is 0 Å². The van der Waals surface area contributed by atoms with Gasteiger partial charge in [0, 0.05) is 69.8 Å². The van der Waals surface area contributed by atoms with Crippen molar-refractivity contribution in [2.75, 3.05) is 56.7 Å². The second-order valence-corrected chi connectivity index (χ2v) is 16.2. The first-order chi connectivity index (χ1) is 27.7. The molecular weight excluding hydrogens is 741 g/mol. The fraction of sp³-hybridized carbons (Fsp3) is 0.512. The zero-order chi connectivity index (χ0) is 41.6. The average Bonchev–Trinajstić information content (AvgIpc) is 3.97. The number of carbonyl (C=O) groups is 4. The fourth-order valence-corrected chi connectivity index (χ4v) is 7.91. The van der Waals surface area contributed by atoms with Crippen LogP contribution in [0.25, 0.3) is 22.3 Å². The van der Waals surface area contributed by atoms with Crippen LogP contribution in [-0.2, 0) is 14.3 Å². The third-order valence-electron chi connectivity index (χ3n) is 11.2. The summed E-state index contributed by atoms with van der Waals surface area (Å²) in [4.78, 5) is 79.3. The molecule has 0 radical (unpaired) electrons. The van der Waals surface area contributed by atoms with Gasteiger partial charge in [-0.3, -0.25) is 19.2 Å². The molecule has 4 amide bonds. The monoisotopic (exact) mass is 796 g/mol. The van der Waals surface area contributed by atoms with Gasteiger partial charge in [-0.25, -0.2) is 19.9 Å². The molecule has 0 spiro atoms. The molecule has 3 fully saturated rings. The Bertz CT molecular complexity index is 2150. The molecule has 17 heteroatoms. The van der Waals surface area contributed by atoms with E-state index >= 15 is 0 Å². The number of hydrogen-bond donors (Lipinski definition) is 5. The summed E-state index contributed by atoms with van der Waals surface area (Å²) < 4.78 is 5.06. The summed E-state index contributed by atoms with van der Waals surface area (Å²) in [5, 5.41) is 9.44. The summed E-state index contributed by atoms with van der Waals surface area (Å²) in [6, 6.07) is 0.133. The van der Waals surface area contributed by atoms with Crippen molar-refractivity contribution < 1.29 is 23.9 Å². The van der Waals surface area contributed by atoms with Crippen LogP contribution in [0.2, 0.25) is 0 Å². The van der Waals surface area contributed by atoms with Crippen LogP contribution in [0.4, 0.5) is 11.6 Å². The summed E-state index contributed by atoms with van der Waals surface area (Å²) >= 11 is 0. The third kappa shape index (κ3) is 9.47. The van der Waals surface area contributed by atoms with Crippen molar-refractivity contribution in [2.45, 2.75) is 89.4 Å². The van der Waals surface area contributed by atoms with Crippen molar-refractivity contribution in [3.63, 3.8) is 0 Å². The number of fused-ring (bicyclic) bond motifs is 2. The maximum atomic E-state index is 12.8. The number of carbonyl (C=O) groups excluding carboxylic acids is 4. The number of likely N-dealkylation sites (tertiary alicyclic amines) is 1. The summed E-state index contributed by atoms with van der Waals surface area (Å²) in [6.45, 7) is 18.8. The standard InChI is InChI=1S/C21H28N6O2.C20H28N6O3/c1-4-17(28)27-10-9-26(13-21(27,2)3)16-12-23-19-18(25-16)15(11-22-19)20(29)24-14-7-5-6-8-14;1-5-16(27)26-8-6-20(3,7-9-26)25-15-11-22-18-17(24-15)14(10-21-18)19(28)23-13(2)12-29-4/h4,11-12,14H,1,5-10,13H2,2-3H3,(H,22,23)(H,24,29);5,10-11,13H,1,6-9,12H2,2-4H3,(H,21,22)(H,23,28)(H,24,25)/t;13-/m.1/s1. The van der Waals surface area contributed by atoms with Gasteiger partial charge in [0.2, 0.25) is 11.8 Å². The molecule has 58 heavy (non-hydrogen) atoms. The van der Waals surface area contributed by atoms with Gasteiger partial charge < -0.3 is 45.4 Å². The van der Waals surface area contributed by atoms with E-state index in [4.69, 9.17) is 9.72 Å². The lowest BCUT2D eigenvalue weighted by Crippen LogP contribution is -2.61. The average molecular weight is 797 g/mol. The maximum absolute atomic E-state index is 12.8. The van der Waals surface area contributed by atoms with Gasteiger partial charge in [0.25, 0.3) is 11.8 Å². The van der Waals surface area contributed by atoms with Crippen molar-refractivity contribution in [1.29, 1.82) is 0 Å². The molecule has 5 N–H and O–H groups in total. The lowest BCUT2D eigenvalue weighted by atomic mass is 9.89. The number of nitrogens with one attached hydrogen (secondary N) is 5. The molecule has 310 valence electrons. The molecule has 17 nitrogen and oxygen atoms in total. The van der Waals surface area contributed by atoms with Crippen LogP contribution in [0.3, 0.4) is 0 Å². The molecule has 1 saturated carbocycles. The van der Waals surface area contributed by atoms with Crippen LogP contribution >= 0.6 is 0 Å². The Hall–Kier alpha value is -5.84. The van der Waals surface area contributed by atoms with Crippen LogP contribution in [-0.4, -0.2) is 133 Å². The Balaban J connectivity index is 0.000000196. The van der Waals surface area contributed by atoms with Crippen LogP contribution < -0.4 is 20.9 Å². The number of hydrogen-bond acceptors (Lipinski definition) is 11. The number of aromatic nitrogens is 6. The predicted molar refractivity (Wildman–Crippen MR) is 223 cm³/mol. The number of aromatic amines is 2. The molecule has 0 bridgehead atoms. The Morgan fingerprint density at radius 3 is 2.14 bits per heavy atom. The van der Waals surface area contributed by atoms with E-state index < -0.39 is 0 Å². The van der Waals surface area contributed by atoms with E-state index in [0.29, 0.717) is 84.4 Å². The van der Waals surface area contributed by atoms with Crippen molar-refractivity contribution in [3.8, 4) is 0 Å². The van der Waals surface area contributed by atoms with Crippen molar-refractivity contribution in [1.82, 2.24) is 50.3 Å². The minimum Gasteiger partial charge on any atom is -0.383 e. The Morgan fingerprint density at radius 1 is 0.897 bits per heavy atom. The molecule has 0 unspecified atom stereocenters. The molecule has 4 aromatic rings. The molecule has 3 aliphatic rings. The predicted octanol–water partition coefficient (Wildman–Crippen LogP) is 3.95. The topological polar surface area (TPSA) is 206 Å². The first-order valence-electron chi connectivity index (χ1n) is 19.9. The van der Waals surface area contributed by atoms with Crippen LogP contribution in [0.1, 0.15) is 86.9 Å². The summed E-state index contributed by atoms with van der Waals surface area (Å²) in [5.74, 6) is 0.880. The molecule has 2 saturated heterocycles. The SMILES string of the molecule is C=CC(=O)N1CCC(C)(Nc2cnc3[nH]cc(C(=O)N[C@H](C)COC)c3n2)CC1.C=CC(=O)N1CCN(c2cnc3[nH]cc(C(=O)NC4CCCC4)c3n2)CC1(C)C. The molecule has 4 aromatic heterocycles. The van der Waals surface area contributed by atoms with Crippen LogP contribution in [0.15, 0.2) is 50.1 Å². The van der Waals surface area contributed by atoms with Gasteiger partial charge in [-0.1, -0.05) is 26.0 Å². The number of nitrogens with zero attached hydrogens (tertiary/aromatic N) is 7. The number of rotatable bonds is 11. The molecule has 2 aliphatic heterocycles. The van der Waals surface area contributed by atoms with Gasteiger partial charge in [0.15, 0.2) is 11.3 Å². The summed E-state index contributed by atoms with van der Waals surface area (Å²) in [5.41, 5.74) is 2.64. The number of piperidine rings is 1. The first-order valence-corrected chi connectivity index (χ1v) is 19.9. The molecular formula is C41H56N12O5. The molecule has 6 heterocycles. The normalized spacial score (nSPS) is 18.3. The molecule has 0 aromatic carbocycles. The smallest absolute Gasteiger partial charge is 0.255 e. The lowest BCUT2D eigenvalue weighted by Gasteiger charge is -2.47. The van der Waals surface area contributed by atoms with Crippen molar-refractivity contribution >= 4 is 57.6 Å². The molecule has 1 atom stereocenters. The van der Waals surface area contributed by atoms with Gasteiger partial charge in [0.05, 0.1) is 35.7 Å². The Kier molecular flexibility index (Phi) is 12.8. The highest BCUT2D eigenvalue weighted by Crippen LogP contribution is 2.29. The fourth-order valence-electron chi connectivity index (χ4n) is 7.91. The van der Waals surface area contributed by atoms with E-state index in [0.717, 1.165) is 25.7 Å². The highest BCUT2D eigenvalue weighted by molar-refractivity contribution is 6.05. The van der Waals surface area contributed by atoms with E-state index in [9.17, 15) is 19.2 Å². The number of anilines is 2. The first kappa shape index (κ1) is 41.8. The zero-order valence-electron chi connectivity index (χ0n) is 34.2. The highest BCUT2D eigenvalue weighted by atomic mass is 16.5. The second kappa shape index (κ2) is 17.7. The number of ether oxygens (including phenoxy) is 1. The van der Waals surface area contributed by atoms with E-state index in [2.05, 4.69) is 65.9 Å². The Labute approximate surface area is 338 Å². The van der Waals surface area contributed by atoms with Gasteiger partial charge in [0.1, 0.15) is 22.7 Å². The highest BCUT2D eigenvalue weighted by Gasteiger charge is 2.37. The van der Waals surface area contributed by atoms with E-state index in [1.807, 2.05) is 25.7 Å². The summed E-state index contributed by atoms with van der Waals surface area (Å²) in [7, 11) is 1.59. The van der Waals surface area contributed by atoms with Crippen LogP contribution in [0.5, 0.6) is 0 Å². The van der Waals surface area contributed by atoms with Gasteiger partial charge in [-0.2, -0.15) is 0 Å². The van der Waals surface area contributed by atoms with Gasteiger partial charge in [-0.05, 0) is 65.5 Å². The zero-order valence-corrected chi connectivity index (χ0v) is 34.2. The molecule has 7 rings (SSSR count). The second-order valence-electron chi connectivity index (χ2n) is 16.2. The number of piperazine rings is 1. The largest absolute Gasteiger partial charge is 0.383 e. The van der Waals surface area contributed by atoms with Crippen LogP contribution in [0, 0.1) is 0 Å². The third-order valence-corrected chi connectivity index (χ3v) is 11.2. The Morgan fingerprint density at radius 2 is 1.52 bits per heavy atom. The minimum absolute atomic E-state index is 0.0426. The maximum Gasteiger partial charge on any atom is 0.255 e. The number of amides is 4. The van der Waals surface area contributed by atoms with Crippen molar-refractivity contribution in [2.24, 2.45) is 0 Å². The molecule has 1 aliphatic carbocycles. The van der Waals surface area contributed by atoms with Crippen molar-refractivity contribution in [3.05, 3.63) is 61.2 Å². The number of H-pyrrole nitrogens is 2.